The zero-order valence-corrected chi connectivity index (χ0v) is 6.59. The predicted octanol–water partition coefficient (Wildman–Crippen LogP) is 0.624. The van der Waals surface area contributed by atoms with Crippen molar-refractivity contribution in [1.29, 1.82) is 5.26 Å². The molecule has 0 aliphatic heterocycles. The van der Waals surface area contributed by atoms with Crippen LogP contribution in [0.15, 0.2) is 0 Å². The molecular weight excluding hydrogens is 128 g/mol. The van der Waals surface area contributed by atoms with Gasteiger partial charge in [-0.1, -0.05) is 13.8 Å². The Morgan fingerprint density at radius 1 is 1.70 bits per heavy atom. The molecule has 0 aliphatic carbocycles. The third kappa shape index (κ3) is 3.08. The minimum Gasteiger partial charge on any atom is -0.333 e. The van der Waals surface area contributed by atoms with E-state index in [1.807, 2.05) is 13.8 Å². The zero-order chi connectivity index (χ0) is 8.15. The fraction of sp³-hybridized carbons (Fsp3) is 0.714. The maximum Gasteiger partial charge on any atom is 0.324 e. The average molecular weight is 140 g/mol. The first-order valence-corrected chi connectivity index (χ1v) is 3.23. The smallest absolute Gasteiger partial charge is 0.324 e. The molecule has 3 nitrogen and oxygen atoms in total. The highest BCUT2D eigenvalue weighted by atomic mass is 16.2. The number of hydrogen-bond donors (Lipinski definition) is 0. The molecule has 0 saturated carbocycles. The van der Waals surface area contributed by atoms with Crippen molar-refractivity contribution in [3.8, 4) is 6.07 Å². The summed E-state index contributed by atoms with van der Waals surface area (Å²) in [5, 5.41) is 8.18. The number of rotatable bonds is 2. The molecule has 0 unspecified atom stereocenters. The lowest BCUT2D eigenvalue weighted by Gasteiger charge is -2.14. The van der Waals surface area contributed by atoms with Gasteiger partial charge in [0.05, 0.1) is 0 Å². The summed E-state index contributed by atoms with van der Waals surface area (Å²) in [6, 6.07) is 1.56. The topological polar surface area (TPSA) is 44.1 Å². The van der Waals surface area contributed by atoms with Crippen LogP contribution in [0.5, 0.6) is 0 Å². The minimum atomic E-state index is -0.464. The Morgan fingerprint density at radius 2 is 2.20 bits per heavy atom. The molecular formula is C7H12N2O. The van der Waals surface area contributed by atoms with Crippen molar-refractivity contribution in [2.45, 2.75) is 13.8 Å². The second kappa shape index (κ2) is 3.89. The molecule has 0 N–H and O–H groups in total. The summed E-state index contributed by atoms with van der Waals surface area (Å²) in [5.74, 6) is -0.0454. The first-order chi connectivity index (χ1) is 4.57. The highest BCUT2D eigenvalue weighted by Crippen LogP contribution is 1.94. The highest BCUT2D eigenvalue weighted by molar-refractivity contribution is 5.90. The monoisotopic (exact) mass is 140 g/mol. The van der Waals surface area contributed by atoms with Gasteiger partial charge >= 0.3 is 5.91 Å². The summed E-state index contributed by atoms with van der Waals surface area (Å²) in [4.78, 5) is 12.0. The van der Waals surface area contributed by atoms with Crippen molar-refractivity contribution in [1.82, 2.24) is 4.90 Å². The minimum absolute atomic E-state index is 0.419. The second-order valence-electron chi connectivity index (χ2n) is 2.69. The van der Waals surface area contributed by atoms with Crippen LogP contribution in [0, 0.1) is 17.2 Å². The van der Waals surface area contributed by atoms with Gasteiger partial charge in [0.15, 0.2) is 6.07 Å². The third-order valence-corrected chi connectivity index (χ3v) is 1.08. The van der Waals surface area contributed by atoms with Crippen LogP contribution in [0.25, 0.3) is 0 Å². The standard InChI is InChI=1S/C7H12N2O/c1-6(2)5-9(3)7(10)4-8/h6H,5H2,1-3H3. The molecule has 0 bridgehead atoms. The van der Waals surface area contributed by atoms with Crippen LogP contribution in [-0.4, -0.2) is 24.4 Å². The van der Waals surface area contributed by atoms with Crippen LogP contribution in [0.3, 0.4) is 0 Å². The van der Waals surface area contributed by atoms with Gasteiger partial charge in [0.2, 0.25) is 0 Å². The predicted molar refractivity (Wildman–Crippen MR) is 38.1 cm³/mol. The Kier molecular flexibility index (Phi) is 3.48. The van der Waals surface area contributed by atoms with E-state index in [0.717, 1.165) is 0 Å². The summed E-state index contributed by atoms with van der Waals surface area (Å²) in [6.45, 7) is 4.65. The zero-order valence-electron chi connectivity index (χ0n) is 6.59. The summed E-state index contributed by atoms with van der Waals surface area (Å²) >= 11 is 0. The van der Waals surface area contributed by atoms with Crippen molar-refractivity contribution in [3.63, 3.8) is 0 Å². The van der Waals surface area contributed by atoms with Gasteiger partial charge in [-0.2, -0.15) is 5.26 Å². The van der Waals surface area contributed by atoms with Crippen molar-refractivity contribution in [2.24, 2.45) is 5.92 Å². The van der Waals surface area contributed by atoms with Crippen LogP contribution in [0.4, 0.5) is 0 Å². The van der Waals surface area contributed by atoms with Crippen LogP contribution >= 0.6 is 0 Å². The first-order valence-electron chi connectivity index (χ1n) is 3.23. The quantitative estimate of drug-likeness (QED) is 0.528. The van der Waals surface area contributed by atoms with Gasteiger partial charge in [0.1, 0.15) is 0 Å². The van der Waals surface area contributed by atoms with E-state index >= 15 is 0 Å². The molecule has 0 heterocycles. The Labute approximate surface area is 61.2 Å². The maximum atomic E-state index is 10.6. The van der Waals surface area contributed by atoms with Crippen LogP contribution in [-0.2, 0) is 4.79 Å². The lowest BCUT2D eigenvalue weighted by atomic mass is 10.2. The maximum absolute atomic E-state index is 10.6. The molecule has 3 heteroatoms. The number of amides is 1. The molecule has 0 aromatic rings. The number of hydrogen-bond acceptors (Lipinski definition) is 2. The van der Waals surface area contributed by atoms with Crippen LogP contribution < -0.4 is 0 Å². The molecule has 0 aromatic carbocycles. The molecule has 1 amide bonds. The van der Waals surface area contributed by atoms with Gasteiger partial charge in [-0.15, -0.1) is 0 Å². The van der Waals surface area contributed by atoms with Crippen LogP contribution in [0.2, 0.25) is 0 Å². The van der Waals surface area contributed by atoms with E-state index in [1.54, 1.807) is 13.1 Å². The molecule has 0 aromatic heterocycles. The average Bonchev–Trinajstić information content (AvgIpc) is 1.85. The van der Waals surface area contributed by atoms with Gasteiger partial charge in [-0.25, -0.2) is 0 Å². The Morgan fingerprint density at radius 3 is 2.50 bits per heavy atom. The fourth-order valence-corrected chi connectivity index (χ4v) is 0.716. The van der Waals surface area contributed by atoms with Gasteiger partial charge in [-0.3, -0.25) is 4.79 Å². The van der Waals surface area contributed by atoms with Crippen molar-refractivity contribution in [3.05, 3.63) is 0 Å². The van der Waals surface area contributed by atoms with E-state index in [4.69, 9.17) is 5.26 Å². The Bertz CT molecular complexity index is 157. The third-order valence-electron chi connectivity index (χ3n) is 1.08. The summed E-state index contributed by atoms with van der Waals surface area (Å²) in [6.07, 6.45) is 0. The number of nitrogens with zero attached hydrogens (tertiary/aromatic N) is 2. The normalized spacial score (nSPS) is 9.10. The van der Waals surface area contributed by atoms with E-state index < -0.39 is 5.91 Å². The van der Waals surface area contributed by atoms with Crippen molar-refractivity contribution < 1.29 is 4.79 Å². The molecule has 0 fully saturated rings. The lowest BCUT2D eigenvalue weighted by Crippen LogP contribution is -2.28. The Balaban J connectivity index is 3.76. The van der Waals surface area contributed by atoms with Gasteiger partial charge in [0.25, 0.3) is 0 Å². The highest BCUT2D eigenvalue weighted by Gasteiger charge is 2.07. The molecule has 0 aliphatic rings. The molecule has 0 radical (unpaired) electrons. The lowest BCUT2D eigenvalue weighted by molar-refractivity contribution is -0.124. The molecule has 10 heavy (non-hydrogen) atoms. The number of carbonyl (C=O) groups is 1. The molecule has 0 rings (SSSR count). The van der Waals surface area contributed by atoms with Gasteiger partial charge < -0.3 is 4.90 Å². The largest absolute Gasteiger partial charge is 0.333 e. The van der Waals surface area contributed by atoms with E-state index in [-0.39, 0.29) is 0 Å². The second-order valence-corrected chi connectivity index (χ2v) is 2.69. The van der Waals surface area contributed by atoms with E-state index in [2.05, 4.69) is 0 Å². The van der Waals surface area contributed by atoms with E-state index in [9.17, 15) is 4.79 Å². The molecule has 0 atom stereocenters. The number of nitriles is 1. The molecule has 0 spiro atoms. The van der Waals surface area contributed by atoms with Crippen molar-refractivity contribution >= 4 is 5.91 Å². The summed E-state index contributed by atoms with van der Waals surface area (Å²) in [5.41, 5.74) is 0. The summed E-state index contributed by atoms with van der Waals surface area (Å²) < 4.78 is 0. The molecule has 0 saturated heterocycles. The Hall–Kier alpha value is -1.04. The van der Waals surface area contributed by atoms with E-state index in [0.29, 0.717) is 12.5 Å². The fourth-order valence-electron chi connectivity index (χ4n) is 0.716. The SMILES string of the molecule is CC(C)CN(C)C(=O)C#N. The van der Waals surface area contributed by atoms with Gasteiger partial charge in [-0.05, 0) is 5.92 Å². The van der Waals surface area contributed by atoms with Crippen LogP contribution in [0.1, 0.15) is 13.8 Å². The van der Waals surface area contributed by atoms with Crippen molar-refractivity contribution in [2.75, 3.05) is 13.6 Å². The summed E-state index contributed by atoms with van der Waals surface area (Å²) in [7, 11) is 1.63. The molecule has 56 valence electrons. The van der Waals surface area contributed by atoms with Gasteiger partial charge in [0, 0.05) is 13.6 Å². The first kappa shape index (κ1) is 8.96. The van der Waals surface area contributed by atoms with E-state index in [1.165, 1.54) is 4.90 Å². The number of carbonyl (C=O) groups excluding carboxylic acids is 1.